The van der Waals surface area contributed by atoms with Crippen molar-refractivity contribution in [2.24, 2.45) is 0 Å². The molecule has 2 saturated heterocycles. The second-order valence-electron chi connectivity index (χ2n) is 8.31. The van der Waals surface area contributed by atoms with Gasteiger partial charge in [-0.1, -0.05) is 17.7 Å². The van der Waals surface area contributed by atoms with E-state index in [1.54, 1.807) is 0 Å². The van der Waals surface area contributed by atoms with Crippen molar-refractivity contribution in [2.75, 3.05) is 46.4 Å². The molecule has 1 atom stereocenters. The third kappa shape index (κ3) is 4.66. The van der Waals surface area contributed by atoms with Gasteiger partial charge in [0.05, 0.1) is 11.2 Å². The lowest BCUT2D eigenvalue weighted by Crippen LogP contribution is -2.58. The number of benzene rings is 1. The largest absolute Gasteiger partial charge is 0.396 e. The highest BCUT2D eigenvalue weighted by atomic mass is 35.5. The van der Waals surface area contributed by atoms with Gasteiger partial charge >= 0.3 is 0 Å². The molecule has 0 bridgehead atoms. The van der Waals surface area contributed by atoms with Crippen LogP contribution in [0.25, 0.3) is 10.9 Å². The number of nitrogens with zero attached hydrogens (tertiary/aromatic N) is 4. The maximum absolute atomic E-state index is 9.62. The van der Waals surface area contributed by atoms with Crippen LogP contribution >= 0.6 is 11.6 Å². The molecule has 0 aliphatic carbocycles. The fourth-order valence-corrected chi connectivity index (χ4v) is 4.93. The van der Waals surface area contributed by atoms with E-state index in [1.807, 2.05) is 18.2 Å². The van der Waals surface area contributed by atoms with Crippen molar-refractivity contribution >= 4 is 22.5 Å². The number of pyridine rings is 1. The van der Waals surface area contributed by atoms with Crippen LogP contribution in [0, 0.1) is 0 Å². The summed E-state index contributed by atoms with van der Waals surface area (Å²) in [5.41, 5.74) is 2.10. The van der Waals surface area contributed by atoms with E-state index < -0.39 is 0 Å². The average Bonchev–Trinajstić information content (AvgIpc) is 2.69. The zero-order valence-electron chi connectivity index (χ0n) is 16.7. The zero-order valence-corrected chi connectivity index (χ0v) is 17.5. The minimum absolute atomic E-state index is 0.261. The van der Waals surface area contributed by atoms with Gasteiger partial charge in [0, 0.05) is 55.3 Å². The van der Waals surface area contributed by atoms with Crippen molar-refractivity contribution in [3.05, 3.63) is 41.0 Å². The van der Waals surface area contributed by atoms with Crippen LogP contribution in [-0.4, -0.2) is 83.3 Å². The maximum atomic E-state index is 9.62. The fraction of sp³-hybridized carbons (Fsp3) is 0.591. The van der Waals surface area contributed by atoms with Crippen molar-refractivity contribution in [3.8, 4) is 0 Å². The number of rotatable bonds is 5. The van der Waals surface area contributed by atoms with Gasteiger partial charge in [-0.3, -0.25) is 14.8 Å². The maximum Gasteiger partial charge on any atom is 0.0706 e. The van der Waals surface area contributed by atoms with E-state index in [-0.39, 0.29) is 6.61 Å². The molecule has 2 aromatic rings. The van der Waals surface area contributed by atoms with Crippen LogP contribution in [-0.2, 0) is 6.54 Å². The molecule has 1 aromatic heterocycles. The van der Waals surface area contributed by atoms with E-state index >= 15 is 0 Å². The number of likely N-dealkylation sites (tertiary alicyclic amines) is 1. The van der Waals surface area contributed by atoms with Crippen LogP contribution in [0.4, 0.5) is 0 Å². The van der Waals surface area contributed by atoms with Gasteiger partial charge in [-0.15, -0.1) is 0 Å². The Kier molecular flexibility index (Phi) is 6.48. The summed E-state index contributed by atoms with van der Waals surface area (Å²) in [5.74, 6) is 0. The van der Waals surface area contributed by atoms with Crippen LogP contribution in [0.1, 0.15) is 25.0 Å². The molecule has 1 unspecified atom stereocenters. The summed E-state index contributed by atoms with van der Waals surface area (Å²) in [6, 6.07) is 11.2. The number of fused-ring (bicyclic) bond motifs is 1. The molecule has 152 valence electrons. The second-order valence-corrected chi connectivity index (χ2v) is 8.75. The Morgan fingerprint density at radius 3 is 2.71 bits per heavy atom. The van der Waals surface area contributed by atoms with Crippen LogP contribution < -0.4 is 0 Å². The number of hydrogen-bond acceptors (Lipinski definition) is 5. The lowest BCUT2D eigenvalue weighted by Gasteiger charge is -2.47. The molecule has 0 spiro atoms. The first kappa shape index (κ1) is 20.0. The Hall–Kier alpha value is -1.24. The highest BCUT2D eigenvalue weighted by molar-refractivity contribution is 6.31. The van der Waals surface area contributed by atoms with Crippen LogP contribution in [0.15, 0.2) is 30.3 Å². The molecule has 3 heterocycles. The SMILES string of the molecule is CN1CCC(N2CCN(Cc3ccc4cc(Cl)ccc4n3)CC2CCO)CC1. The summed E-state index contributed by atoms with van der Waals surface area (Å²) in [6.45, 7) is 6.64. The number of halogens is 1. The molecule has 0 saturated carbocycles. The second kappa shape index (κ2) is 9.06. The minimum atomic E-state index is 0.261. The fourth-order valence-electron chi connectivity index (χ4n) is 4.75. The molecule has 2 fully saturated rings. The third-order valence-electron chi connectivity index (χ3n) is 6.33. The van der Waals surface area contributed by atoms with E-state index in [0.29, 0.717) is 12.1 Å². The summed E-state index contributed by atoms with van der Waals surface area (Å²) in [4.78, 5) is 12.4. The number of aromatic nitrogens is 1. The quantitative estimate of drug-likeness (QED) is 0.833. The van der Waals surface area contributed by atoms with Crippen molar-refractivity contribution in [2.45, 2.75) is 37.9 Å². The van der Waals surface area contributed by atoms with E-state index in [0.717, 1.165) is 54.2 Å². The Bertz CT molecular complexity index is 793. The highest BCUT2D eigenvalue weighted by Crippen LogP contribution is 2.24. The Morgan fingerprint density at radius 1 is 1.11 bits per heavy atom. The molecule has 6 heteroatoms. The molecule has 4 rings (SSSR count). The van der Waals surface area contributed by atoms with Crippen LogP contribution in [0.2, 0.25) is 5.02 Å². The van der Waals surface area contributed by atoms with Gasteiger partial charge in [0.2, 0.25) is 0 Å². The van der Waals surface area contributed by atoms with Gasteiger partial charge in [0.1, 0.15) is 0 Å². The summed E-state index contributed by atoms with van der Waals surface area (Å²) >= 11 is 6.08. The highest BCUT2D eigenvalue weighted by Gasteiger charge is 2.33. The van der Waals surface area contributed by atoms with Crippen molar-refractivity contribution in [1.29, 1.82) is 0 Å². The summed E-state index contributed by atoms with van der Waals surface area (Å²) in [7, 11) is 2.21. The number of hydrogen-bond donors (Lipinski definition) is 1. The lowest BCUT2D eigenvalue weighted by atomic mass is 9.98. The number of piperazine rings is 1. The molecule has 5 nitrogen and oxygen atoms in total. The van der Waals surface area contributed by atoms with E-state index in [2.05, 4.69) is 33.9 Å². The number of piperidine rings is 1. The van der Waals surface area contributed by atoms with Gasteiger partial charge < -0.3 is 10.0 Å². The van der Waals surface area contributed by atoms with E-state index in [9.17, 15) is 5.11 Å². The first-order chi connectivity index (χ1) is 13.6. The molecule has 1 N–H and O–H groups in total. The third-order valence-corrected chi connectivity index (χ3v) is 6.56. The Morgan fingerprint density at radius 2 is 1.93 bits per heavy atom. The van der Waals surface area contributed by atoms with Gasteiger partial charge in [0.25, 0.3) is 0 Å². The van der Waals surface area contributed by atoms with E-state index in [1.165, 1.54) is 25.9 Å². The van der Waals surface area contributed by atoms with Crippen molar-refractivity contribution in [1.82, 2.24) is 19.7 Å². The Balaban J connectivity index is 1.41. The zero-order chi connectivity index (χ0) is 19.5. The monoisotopic (exact) mass is 402 g/mol. The topological polar surface area (TPSA) is 42.8 Å². The number of aliphatic hydroxyl groups excluding tert-OH is 1. The minimum Gasteiger partial charge on any atom is -0.396 e. The van der Waals surface area contributed by atoms with Gasteiger partial charge in [0.15, 0.2) is 0 Å². The molecule has 1 aromatic carbocycles. The molecule has 2 aliphatic heterocycles. The Labute approximate surface area is 172 Å². The standard InChI is InChI=1S/C22H31ClN4O/c1-25-9-6-20(7-10-25)27-12-11-26(16-21(27)8-13-28)15-19-4-2-17-14-18(23)3-5-22(17)24-19/h2-5,14,20-21,28H,6-13,15-16H2,1H3. The number of aliphatic hydroxyl groups is 1. The van der Waals surface area contributed by atoms with Crippen molar-refractivity contribution < 1.29 is 5.11 Å². The summed E-state index contributed by atoms with van der Waals surface area (Å²) < 4.78 is 0. The summed E-state index contributed by atoms with van der Waals surface area (Å²) in [6.07, 6.45) is 3.34. The lowest BCUT2D eigenvalue weighted by molar-refractivity contribution is 0.00568. The van der Waals surface area contributed by atoms with Gasteiger partial charge in [-0.05, 0) is 63.7 Å². The summed E-state index contributed by atoms with van der Waals surface area (Å²) in [5, 5.41) is 11.5. The predicted molar refractivity (Wildman–Crippen MR) is 115 cm³/mol. The van der Waals surface area contributed by atoms with Gasteiger partial charge in [-0.2, -0.15) is 0 Å². The predicted octanol–water partition coefficient (Wildman–Crippen LogP) is 2.85. The molecule has 0 amide bonds. The molecule has 28 heavy (non-hydrogen) atoms. The first-order valence-corrected chi connectivity index (χ1v) is 10.8. The average molecular weight is 403 g/mol. The smallest absolute Gasteiger partial charge is 0.0706 e. The normalized spacial score (nSPS) is 23.5. The molecule has 0 radical (unpaired) electrons. The molecular weight excluding hydrogens is 372 g/mol. The van der Waals surface area contributed by atoms with Crippen molar-refractivity contribution in [3.63, 3.8) is 0 Å². The van der Waals surface area contributed by atoms with E-state index in [4.69, 9.17) is 16.6 Å². The van der Waals surface area contributed by atoms with Gasteiger partial charge in [-0.25, -0.2) is 0 Å². The first-order valence-electron chi connectivity index (χ1n) is 10.4. The van der Waals surface area contributed by atoms with Crippen LogP contribution in [0.3, 0.4) is 0 Å². The molecule has 2 aliphatic rings. The van der Waals surface area contributed by atoms with Crippen LogP contribution in [0.5, 0.6) is 0 Å². The molecular formula is C22H31ClN4O.